The van der Waals surface area contributed by atoms with E-state index in [1.807, 2.05) is 30.3 Å². The highest BCUT2D eigenvalue weighted by molar-refractivity contribution is 7.99. The first-order chi connectivity index (χ1) is 13.6. The summed E-state index contributed by atoms with van der Waals surface area (Å²) in [4.78, 5) is 25.0. The second-order valence-corrected chi connectivity index (χ2v) is 9.09. The highest BCUT2D eigenvalue weighted by Gasteiger charge is 2.23. The van der Waals surface area contributed by atoms with Crippen LogP contribution in [0.3, 0.4) is 0 Å². The van der Waals surface area contributed by atoms with E-state index in [1.54, 1.807) is 14.1 Å². The van der Waals surface area contributed by atoms with Crippen molar-refractivity contribution in [2.75, 3.05) is 25.2 Å². The molecule has 2 rings (SSSR count). The molecule has 11 heteroatoms. The number of nitrogens with zero attached hydrogens (tertiary/aromatic N) is 2. The second-order valence-electron chi connectivity index (χ2n) is 6.44. The van der Waals surface area contributed by atoms with Gasteiger partial charge in [-0.3, -0.25) is 14.9 Å². The van der Waals surface area contributed by atoms with Gasteiger partial charge in [-0.1, -0.05) is 18.2 Å². The van der Waals surface area contributed by atoms with Crippen molar-refractivity contribution < 1.29 is 18.1 Å². The van der Waals surface area contributed by atoms with Gasteiger partial charge in [0.05, 0.1) is 9.82 Å². The van der Waals surface area contributed by atoms with Gasteiger partial charge in [0.25, 0.3) is 5.69 Å². The number of carbonyl (C=O) groups excluding carboxylic acids is 1. The predicted octanol–water partition coefficient (Wildman–Crippen LogP) is 2.29. The van der Waals surface area contributed by atoms with E-state index in [2.05, 4.69) is 5.32 Å². The molecule has 0 heterocycles. The number of thioether (sulfide) groups is 1. The lowest BCUT2D eigenvalue weighted by atomic mass is 10.2. The average Bonchev–Trinajstić information content (AvgIpc) is 2.66. The molecule has 0 radical (unpaired) electrons. The summed E-state index contributed by atoms with van der Waals surface area (Å²) in [6.07, 6.45) is 0.112. The quantitative estimate of drug-likeness (QED) is 0.348. The minimum Gasteiger partial charge on any atom is -0.375 e. The predicted molar refractivity (Wildman–Crippen MR) is 112 cm³/mol. The lowest BCUT2D eigenvalue weighted by molar-refractivity contribution is -0.384. The maximum atomic E-state index is 12.2. The SMILES string of the molecule is CN(C)C(=O)C[C@H](CSc1ccccc1)Nc1ccc(S(N)(=O)=O)cc1[N+](=O)[O-]. The zero-order chi connectivity index (χ0) is 21.6. The molecule has 0 aliphatic heterocycles. The van der Waals surface area contributed by atoms with Crippen molar-refractivity contribution in [3.05, 3.63) is 58.6 Å². The van der Waals surface area contributed by atoms with Gasteiger partial charge < -0.3 is 10.2 Å². The van der Waals surface area contributed by atoms with Crippen molar-refractivity contribution in [1.82, 2.24) is 4.90 Å². The molecule has 156 valence electrons. The van der Waals surface area contributed by atoms with Crippen molar-refractivity contribution in [1.29, 1.82) is 0 Å². The summed E-state index contributed by atoms with van der Waals surface area (Å²) in [5, 5.41) is 19.5. The molecule has 0 saturated heterocycles. The average molecular weight is 439 g/mol. The van der Waals surface area contributed by atoms with Gasteiger partial charge in [0.15, 0.2) is 0 Å². The monoisotopic (exact) mass is 438 g/mol. The Morgan fingerprint density at radius 3 is 2.45 bits per heavy atom. The Morgan fingerprint density at radius 2 is 1.90 bits per heavy atom. The molecular weight excluding hydrogens is 416 g/mol. The number of nitrogens with two attached hydrogens (primary N) is 1. The molecule has 0 fully saturated rings. The van der Waals surface area contributed by atoms with Crippen LogP contribution in [0.15, 0.2) is 58.3 Å². The van der Waals surface area contributed by atoms with Crippen molar-refractivity contribution in [2.45, 2.75) is 22.3 Å². The Bertz CT molecular complexity index is 981. The first-order valence-electron chi connectivity index (χ1n) is 8.53. The minimum atomic E-state index is -4.08. The normalized spacial score (nSPS) is 12.2. The van der Waals surface area contributed by atoms with Crippen LogP contribution < -0.4 is 10.5 Å². The lowest BCUT2D eigenvalue weighted by Crippen LogP contribution is -2.32. The van der Waals surface area contributed by atoms with Gasteiger partial charge in [0.2, 0.25) is 15.9 Å². The number of rotatable bonds is 9. The van der Waals surface area contributed by atoms with Gasteiger partial charge in [0.1, 0.15) is 5.69 Å². The third-order valence-electron chi connectivity index (χ3n) is 3.97. The van der Waals surface area contributed by atoms with E-state index in [0.717, 1.165) is 11.0 Å². The zero-order valence-electron chi connectivity index (χ0n) is 15.9. The summed E-state index contributed by atoms with van der Waals surface area (Å²) in [5.41, 5.74) is -0.309. The van der Waals surface area contributed by atoms with E-state index in [0.29, 0.717) is 5.75 Å². The minimum absolute atomic E-state index is 0.112. The standard InChI is InChI=1S/C18H22N4O5S2/c1-21(2)18(23)10-13(12-28-14-6-4-3-5-7-14)20-16-9-8-15(29(19,26)27)11-17(16)22(24)25/h3-9,11,13,20H,10,12H2,1-2H3,(H2,19,26,27)/t13-/m1/s1. The summed E-state index contributed by atoms with van der Waals surface area (Å²) in [7, 11) is -0.814. The van der Waals surface area contributed by atoms with Crippen LogP contribution in [0.1, 0.15) is 6.42 Å². The van der Waals surface area contributed by atoms with Crippen LogP contribution in [0.4, 0.5) is 11.4 Å². The molecule has 0 bridgehead atoms. The van der Waals surface area contributed by atoms with Crippen LogP contribution in [0.5, 0.6) is 0 Å². The number of sulfonamides is 1. The molecule has 1 amide bonds. The Kier molecular flexibility index (Phi) is 7.59. The summed E-state index contributed by atoms with van der Waals surface area (Å²) >= 11 is 1.50. The molecule has 0 aliphatic rings. The number of benzene rings is 2. The number of hydrogen-bond acceptors (Lipinski definition) is 7. The fraction of sp³-hybridized carbons (Fsp3) is 0.278. The fourth-order valence-electron chi connectivity index (χ4n) is 2.44. The highest BCUT2D eigenvalue weighted by atomic mass is 32.2. The van der Waals surface area contributed by atoms with Crippen LogP contribution in [0.25, 0.3) is 0 Å². The Balaban J connectivity index is 2.28. The number of nitro benzene ring substituents is 1. The molecule has 3 N–H and O–H groups in total. The number of nitrogens with one attached hydrogen (secondary N) is 1. The molecule has 0 spiro atoms. The van der Waals surface area contributed by atoms with Gasteiger partial charge in [-0.25, -0.2) is 13.6 Å². The van der Waals surface area contributed by atoms with Crippen LogP contribution in [0.2, 0.25) is 0 Å². The molecule has 0 aliphatic carbocycles. The van der Waals surface area contributed by atoms with Crippen molar-refractivity contribution in [3.63, 3.8) is 0 Å². The van der Waals surface area contributed by atoms with E-state index >= 15 is 0 Å². The van der Waals surface area contributed by atoms with Gasteiger partial charge in [-0.2, -0.15) is 0 Å². The number of amides is 1. The summed E-state index contributed by atoms with van der Waals surface area (Å²) in [6.45, 7) is 0. The van der Waals surface area contributed by atoms with E-state index in [-0.39, 0.29) is 22.9 Å². The molecule has 0 unspecified atom stereocenters. The van der Waals surface area contributed by atoms with Gasteiger partial charge >= 0.3 is 0 Å². The first-order valence-corrected chi connectivity index (χ1v) is 11.1. The number of carbonyl (C=O) groups is 1. The maximum Gasteiger partial charge on any atom is 0.293 e. The molecule has 29 heavy (non-hydrogen) atoms. The van der Waals surface area contributed by atoms with Crippen molar-refractivity contribution >= 4 is 39.1 Å². The van der Waals surface area contributed by atoms with Crippen LogP contribution >= 0.6 is 11.8 Å². The number of anilines is 1. The van der Waals surface area contributed by atoms with Crippen LogP contribution in [-0.4, -0.2) is 50.0 Å². The number of hydrogen-bond donors (Lipinski definition) is 2. The number of primary sulfonamides is 1. The molecule has 2 aromatic rings. The van der Waals surface area contributed by atoms with E-state index in [4.69, 9.17) is 5.14 Å². The third-order valence-corrected chi connectivity index (χ3v) is 6.05. The largest absolute Gasteiger partial charge is 0.375 e. The van der Waals surface area contributed by atoms with Crippen molar-refractivity contribution in [3.8, 4) is 0 Å². The molecule has 1 atom stereocenters. The van der Waals surface area contributed by atoms with Crippen LogP contribution in [0, 0.1) is 10.1 Å². The first kappa shape index (κ1) is 22.7. The van der Waals surface area contributed by atoms with Gasteiger partial charge in [-0.15, -0.1) is 11.8 Å². The molecule has 0 saturated carbocycles. The smallest absolute Gasteiger partial charge is 0.293 e. The summed E-state index contributed by atoms with van der Waals surface area (Å²) in [5.74, 6) is 0.331. The van der Waals surface area contributed by atoms with Crippen molar-refractivity contribution in [2.24, 2.45) is 5.14 Å². The summed E-state index contributed by atoms with van der Waals surface area (Å²) in [6, 6.07) is 12.5. The lowest BCUT2D eigenvalue weighted by Gasteiger charge is -2.21. The van der Waals surface area contributed by atoms with Gasteiger partial charge in [0, 0.05) is 43.3 Å². The molecule has 0 aromatic heterocycles. The van der Waals surface area contributed by atoms with E-state index in [1.165, 1.54) is 28.8 Å². The Labute approximate surface area is 173 Å². The third kappa shape index (κ3) is 6.73. The second kappa shape index (κ2) is 9.72. The zero-order valence-corrected chi connectivity index (χ0v) is 17.6. The topological polar surface area (TPSA) is 136 Å². The molecule has 9 nitrogen and oxygen atoms in total. The highest BCUT2D eigenvalue weighted by Crippen LogP contribution is 2.29. The Morgan fingerprint density at radius 1 is 1.24 bits per heavy atom. The van der Waals surface area contributed by atoms with E-state index < -0.39 is 26.7 Å². The Hall–Kier alpha value is -2.63. The summed E-state index contributed by atoms with van der Waals surface area (Å²) < 4.78 is 23.0. The fourth-order valence-corrected chi connectivity index (χ4v) is 3.92. The van der Waals surface area contributed by atoms with Gasteiger partial charge in [-0.05, 0) is 24.3 Å². The van der Waals surface area contributed by atoms with E-state index in [9.17, 15) is 23.3 Å². The maximum absolute atomic E-state index is 12.2. The molecule has 2 aromatic carbocycles. The molecular formula is C18H22N4O5S2. The number of nitro groups is 1. The van der Waals surface area contributed by atoms with Crippen LogP contribution in [-0.2, 0) is 14.8 Å².